The zero-order valence-electron chi connectivity index (χ0n) is 11.8. The Morgan fingerprint density at radius 3 is 2.81 bits per heavy atom. The van der Waals surface area contributed by atoms with Crippen LogP contribution in [-0.2, 0) is 6.54 Å². The number of rotatable bonds is 4. The zero-order chi connectivity index (χ0) is 14.7. The number of nitrogens with zero attached hydrogens (tertiary/aromatic N) is 2. The number of pyridine rings is 1. The number of hydrogen-bond donors (Lipinski definition) is 0. The van der Waals surface area contributed by atoms with E-state index in [1.807, 2.05) is 53.6 Å². The van der Waals surface area contributed by atoms with Gasteiger partial charge in [0.2, 0.25) is 0 Å². The predicted octanol–water partition coefficient (Wildman–Crippen LogP) is 3.96. The van der Waals surface area contributed by atoms with Crippen LogP contribution in [0.3, 0.4) is 0 Å². The lowest BCUT2D eigenvalue weighted by molar-refractivity contribution is 0.0756. The summed E-state index contributed by atoms with van der Waals surface area (Å²) in [6, 6.07) is 13.7. The summed E-state index contributed by atoms with van der Waals surface area (Å²) < 4.78 is 0. The van der Waals surface area contributed by atoms with Crippen LogP contribution >= 0.6 is 11.3 Å². The Morgan fingerprint density at radius 1 is 1.19 bits per heavy atom. The molecule has 3 nitrogen and oxygen atoms in total. The van der Waals surface area contributed by atoms with Crippen LogP contribution in [0.4, 0.5) is 0 Å². The molecule has 0 aliphatic carbocycles. The van der Waals surface area contributed by atoms with Gasteiger partial charge in [-0.1, -0.05) is 24.3 Å². The van der Waals surface area contributed by atoms with Gasteiger partial charge in [-0.25, -0.2) is 0 Å². The molecule has 0 bridgehead atoms. The van der Waals surface area contributed by atoms with E-state index in [2.05, 4.69) is 11.1 Å². The summed E-state index contributed by atoms with van der Waals surface area (Å²) in [5, 5.41) is 3.03. The van der Waals surface area contributed by atoms with Crippen molar-refractivity contribution in [2.24, 2.45) is 0 Å². The van der Waals surface area contributed by atoms with Gasteiger partial charge in [0.1, 0.15) is 0 Å². The monoisotopic (exact) mass is 296 g/mol. The first-order chi connectivity index (χ1) is 10.3. The van der Waals surface area contributed by atoms with E-state index in [0.29, 0.717) is 18.7 Å². The molecule has 106 valence electrons. The van der Waals surface area contributed by atoms with Crippen LogP contribution in [-0.4, -0.2) is 22.3 Å². The maximum absolute atomic E-state index is 12.8. The highest BCUT2D eigenvalue weighted by atomic mass is 32.1. The smallest absolute Gasteiger partial charge is 0.256 e. The van der Waals surface area contributed by atoms with Crippen molar-refractivity contribution in [3.8, 4) is 0 Å². The van der Waals surface area contributed by atoms with E-state index >= 15 is 0 Å². The molecule has 0 aliphatic rings. The normalized spacial score (nSPS) is 10.7. The van der Waals surface area contributed by atoms with E-state index < -0.39 is 0 Å². The number of carbonyl (C=O) groups is 1. The average molecular weight is 296 g/mol. The maximum atomic E-state index is 12.8. The molecule has 0 radical (unpaired) electrons. The third-order valence-corrected chi connectivity index (χ3v) is 4.32. The van der Waals surface area contributed by atoms with Crippen LogP contribution in [0, 0.1) is 0 Å². The SMILES string of the molecule is CCN(Cc1cccs1)C(=O)c1cccc2cccnc12. The van der Waals surface area contributed by atoms with Crippen LogP contribution in [0.1, 0.15) is 22.2 Å². The molecule has 3 rings (SSSR count). The number of thiophene rings is 1. The topological polar surface area (TPSA) is 33.2 Å². The van der Waals surface area contributed by atoms with Gasteiger partial charge in [-0.15, -0.1) is 11.3 Å². The summed E-state index contributed by atoms with van der Waals surface area (Å²) in [7, 11) is 0. The van der Waals surface area contributed by atoms with Crippen LogP contribution in [0.25, 0.3) is 10.9 Å². The molecule has 0 aliphatic heterocycles. The summed E-state index contributed by atoms with van der Waals surface area (Å²) in [6.07, 6.45) is 1.73. The van der Waals surface area contributed by atoms with Crippen molar-refractivity contribution >= 4 is 28.1 Å². The first-order valence-corrected chi connectivity index (χ1v) is 7.83. The number of carbonyl (C=O) groups excluding carboxylic acids is 1. The molecule has 0 spiro atoms. The Hall–Kier alpha value is -2.20. The Labute approximate surface area is 127 Å². The van der Waals surface area contributed by atoms with E-state index in [1.165, 1.54) is 4.88 Å². The lowest BCUT2D eigenvalue weighted by atomic mass is 10.1. The minimum absolute atomic E-state index is 0.0372. The Morgan fingerprint density at radius 2 is 2.05 bits per heavy atom. The highest BCUT2D eigenvalue weighted by Gasteiger charge is 2.17. The number of benzene rings is 1. The highest BCUT2D eigenvalue weighted by molar-refractivity contribution is 7.09. The van der Waals surface area contributed by atoms with Crippen molar-refractivity contribution in [3.63, 3.8) is 0 Å². The minimum Gasteiger partial charge on any atom is -0.334 e. The number of para-hydroxylation sites is 1. The summed E-state index contributed by atoms with van der Waals surface area (Å²) in [4.78, 5) is 20.2. The van der Waals surface area contributed by atoms with Crippen molar-refractivity contribution in [3.05, 3.63) is 64.5 Å². The van der Waals surface area contributed by atoms with Gasteiger partial charge < -0.3 is 4.90 Å². The number of amides is 1. The van der Waals surface area contributed by atoms with Crippen LogP contribution in [0.5, 0.6) is 0 Å². The summed E-state index contributed by atoms with van der Waals surface area (Å²) in [5.41, 5.74) is 1.45. The van der Waals surface area contributed by atoms with Gasteiger partial charge in [0.25, 0.3) is 5.91 Å². The molecule has 4 heteroatoms. The molecule has 0 unspecified atom stereocenters. The molecule has 1 aromatic carbocycles. The van der Waals surface area contributed by atoms with Gasteiger partial charge >= 0.3 is 0 Å². The lowest BCUT2D eigenvalue weighted by Gasteiger charge is -2.20. The van der Waals surface area contributed by atoms with Crippen molar-refractivity contribution in [1.82, 2.24) is 9.88 Å². The summed E-state index contributed by atoms with van der Waals surface area (Å²) >= 11 is 1.67. The molecule has 21 heavy (non-hydrogen) atoms. The van der Waals surface area contributed by atoms with Gasteiger partial charge in [-0.05, 0) is 30.5 Å². The van der Waals surface area contributed by atoms with E-state index in [-0.39, 0.29) is 5.91 Å². The number of hydrogen-bond acceptors (Lipinski definition) is 3. The predicted molar refractivity (Wildman–Crippen MR) is 86.5 cm³/mol. The molecule has 0 fully saturated rings. The van der Waals surface area contributed by atoms with Gasteiger partial charge in [0.15, 0.2) is 0 Å². The molecule has 2 aromatic heterocycles. The molecule has 0 N–H and O–H groups in total. The zero-order valence-corrected chi connectivity index (χ0v) is 12.6. The van der Waals surface area contributed by atoms with Crippen LogP contribution < -0.4 is 0 Å². The Bertz CT molecular complexity index is 747. The van der Waals surface area contributed by atoms with Crippen molar-refractivity contribution in [1.29, 1.82) is 0 Å². The van der Waals surface area contributed by atoms with Crippen molar-refractivity contribution in [2.45, 2.75) is 13.5 Å². The number of fused-ring (bicyclic) bond motifs is 1. The average Bonchev–Trinajstić information content (AvgIpc) is 3.04. The molecule has 3 aromatic rings. The Balaban J connectivity index is 1.95. The second-order valence-corrected chi connectivity index (χ2v) is 5.81. The third kappa shape index (κ3) is 2.81. The van der Waals surface area contributed by atoms with Crippen LogP contribution in [0.2, 0.25) is 0 Å². The fourth-order valence-electron chi connectivity index (χ4n) is 2.37. The van der Waals surface area contributed by atoms with E-state index in [0.717, 1.165) is 10.9 Å². The molecule has 0 atom stereocenters. The minimum atomic E-state index is 0.0372. The third-order valence-electron chi connectivity index (χ3n) is 3.46. The van der Waals surface area contributed by atoms with E-state index in [1.54, 1.807) is 17.5 Å². The van der Waals surface area contributed by atoms with Crippen molar-refractivity contribution < 1.29 is 4.79 Å². The first-order valence-electron chi connectivity index (χ1n) is 6.95. The molecular weight excluding hydrogens is 280 g/mol. The first kappa shape index (κ1) is 13.8. The molecule has 0 saturated carbocycles. The standard InChI is InChI=1S/C17H16N2OS/c1-2-19(12-14-8-5-11-21-14)17(20)15-9-3-6-13-7-4-10-18-16(13)15/h3-11H,2,12H2,1H3. The fraction of sp³-hybridized carbons (Fsp3) is 0.176. The van der Waals surface area contributed by atoms with Crippen molar-refractivity contribution in [2.75, 3.05) is 6.54 Å². The van der Waals surface area contributed by atoms with Gasteiger partial charge in [-0.2, -0.15) is 0 Å². The Kier molecular flexibility index (Phi) is 3.97. The van der Waals surface area contributed by atoms with E-state index in [4.69, 9.17) is 0 Å². The van der Waals surface area contributed by atoms with Gasteiger partial charge in [-0.3, -0.25) is 9.78 Å². The maximum Gasteiger partial charge on any atom is 0.256 e. The quantitative estimate of drug-likeness (QED) is 0.730. The largest absolute Gasteiger partial charge is 0.334 e. The van der Waals surface area contributed by atoms with Gasteiger partial charge in [0.05, 0.1) is 17.6 Å². The second-order valence-electron chi connectivity index (χ2n) is 4.78. The lowest BCUT2D eigenvalue weighted by Crippen LogP contribution is -2.30. The van der Waals surface area contributed by atoms with Gasteiger partial charge in [0, 0.05) is 23.0 Å². The summed E-state index contributed by atoms with van der Waals surface area (Å²) in [5.74, 6) is 0.0372. The second kappa shape index (κ2) is 6.06. The summed E-state index contributed by atoms with van der Waals surface area (Å²) in [6.45, 7) is 3.33. The number of aromatic nitrogens is 1. The molecule has 1 amide bonds. The highest BCUT2D eigenvalue weighted by Crippen LogP contribution is 2.19. The van der Waals surface area contributed by atoms with Crippen LogP contribution in [0.15, 0.2) is 54.0 Å². The molecule has 2 heterocycles. The van der Waals surface area contributed by atoms with E-state index in [9.17, 15) is 4.79 Å². The molecular formula is C17H16N2OS. The molecule has 0 saturated heterocycles. The fourth-order valence-corrected chi connectivity index (χ4v) is 3.08.